The molecule has 5 N–H and O–H groups in total. The van der Waals surface area contributed by atoms with Crippen molar-refractivity contribution >= 4 is 5.97 Å². The Morgan fingerprint density at radius 2 is 1.69 bits per heavy atom. The second kappa shape index (κ2) is 19.5. The first-order valence-electron chi connectivity index (χ1n) is 13.9. The van der Waals surface area contributed by atoms with Crippen LogP contribution >= 0.6 is 0 Å². The molecule has 0 saturated carbocycles. The minimum atomic E-state index is -0.908. The summed E-state index contributed by atoms with van der Waals surface area (Å²) in [5, 5.41) is 23.9. The number of nitrogens with one attached hydrogen (secondary N) is 1. The lowest BCUT2D eigenvalue weighted by Crippen LogP contribution is -2.42. The molecule has 5 atom stereocenters. The highest BCUT2D eigenvalue weighted by molar-refractivity contribution is 5.71. The second-order valence-electron chi connectivity index (χ2n) is 10.1. The zero-order valence-corrected chi connectivity index (χ0v) is 22.5. The molecule has 0 spiro atoms. The Hall–Kier alpha value is -1.69. The second-order valence-corrected chi connectivity index (χ2v) is 10.1. The SMILES string of the molecule is CCCCCCC=CCCCC(CNC)C(CCN)C(CCc1ccccc1)C(C(=O)O)C(C)O. The Bertz CT molecular complexity index is 677. The summed E-state index contributed by atoms with van der Waals surface area (Å²) in [5.41, 5.74) is 7.27. The average Bonchev–Trinajstić information content (AvgIpc) is 2.83. The maximum atomic E-state index is 12.3. The molecule has 0 aliphatic heterocycles. The van der Waals surface area contributed by atoms with Gasteiger partial charge in [0.2, 0.25) is 0 Å². The van der Waals surface area contributed by atoms with Crippen molar-refractivity contribution in [1.82, 2.24) is 5.32 Å². The minimum Gasteiger partial charge on any atom is -0.481 e. The van der Waals surface area contributed by atoms with E-state index >= 15 is 0 Å². The minimum absolute atomic E-state index is 0.135. The number of unbranched alkanes of at least 4 members (excludes halogenated alkanes) is 5. The van der Waals surface area contributed by atoms with E-state index in [0.29, 0.717) is 12.5 Å². The number of aliphatic hydroxyl groups excluding tert-OH is 1. The third-order valence-corrected chi connectivity index (χ3v) is 7.33. The zero-order valence-electron chi connectivity index (χ0n) is 22.5. The van der Waals surface area contributed by atoms with E-state index < -0.39 is 18.0 Å². The average molecular weight is 489 g/mol. The van der Waals surface area contributed by atoms with Crippen molar-refractivity contribution in [2.75, 3.05) is 20.1 Å². The molecule has 5 unspecified atom stereocenters. The summed E-state index contributed by atoms with van der Waals surface area (Å²) in [6, 6.07) is 10.2. The molecule has 0 radical (unpaired) electrons. The Balaban J connectivity index is 2.93. The molecule has 5 heteroatoms. The van der Waals surface area contributed by atoms with Gasteiger partial charge in [0.1, 0.15) is 0 Å². The van der Waals surface area contributed by atoms with Gasteiger partial charge in [0.05, 0.1) is 12.0 Å². The molecule has 0 aliphatic carbocycles. The molecular formula is C30H52N2O3. The monoisotopic (exact) mass is 488 g/mol. The van der Waals surface area contributed by atoms with Crippen LogP contribution in [0.2, 0.25) is 0 Å². The van der Waals surface area contributed by atoms with Gasteiger partial charge in [0, 0.05) is 0 Å². The normalized spacial score (nSPS) is 16.1. The Labute approximate surface area is 214 Å². The van der Waals surface area contributed by atoms with Crippen LogP contribution < -0.4 is 11.1 Å². The van der Waals surface area contributed by atoms with E-state index in [0.717, 1.165) is 51.5 Å². The van der Waals surface area contributed by atoms with Gasteiger partial charge in [-0.25, -0.2) is 0 Å². The molecule has 0 fully saturated rings. The molecule has 0 aromatic heterocycles. The van der Waals surface area contributed by atoms with Crippen molar-refractivity contribution in [2.45, 2.75) is 90.6 Å². The van der Waals surface area contributed by atoms with Crippen LogP contribution in [-0.2, 0) is 11.2 Å². The Morgan fingerprint density at radius 1 is 1.00 bits per heavy atom. The summed E-state index contributed by atoms with van der Waals surface area (Å²) in [6.45, 7) is 5.21. The first-order valence-corrected chi connectivity index (χ1v) is 13.9. The molecule has 5 nitrogen and oxygen atoms in total. The van der Waals surface area contributed by atoms with Crippen LogP contribution in [0.25, 0.3) is 0 Å². The number of nitrogens with two attached hydrogens (primary N) is 1. The lowest BCUT2D eigenvalue weighted by molar-refractivity contribution is -0.150. The first-order chi connectivity index (χ1) is 17.0. The van der Waals surface area contributed by atoms with Crippen molar-refractivity contribution in [3.8, 4) is 0 Å². The quantitative estimate of drug-likeness (QED) is 0.129. The number of hydrogen-bond acceptors (Lipinski definition) is 4. The number of carboxylic acids is 1. The maximum absolute atomic E-state index is 12.3. The smallest absolute Gasteiger partial charge is 0.309 e. The number of aryl methyl sites for hydroxylation is 1. The number of aliphatic carboxylic acids is 1. The summed E-state index contributed by atoms with van der Waals surface area (Å²) in [4.78, 5) is 12.3. The maximum Gasteiger partial charge on any atom is 0.309 e. The van der Waals surface area contributed by atoms with Crippen LogP contribution in [0, 0.1) is 23.7 Å². The van der Waals surface area contributed by atoms with Crippen LogP contribution in [0.15, 0.2) is 42.5 Å². The third-order valence-electron chi connectivity index (χ3n) is 7.33. The van der Waals surface area contributed by atoms with E-state index in [1.54, 1.807) is 6.92 Å². The van der Waals surface area contributed by atoms with Gasteiger partial charge < -0.3 is 21.3 Å². The predicted octanol–water partition coefficient (Wildman–Crippen LogP) is 5.81. The lowest BCUT2D eigenvalue weighted by Gasteiger charge is -2.38. The topological polar surface area (TPSA) is 95.6 Å². The first kappa shape index (κ1) is 31.3. The summed E-state index contributed by atoms with van der Waals surface area (Å²) >= 11 is 0. The number of carboxylic acid groups (broad SMARTS) is 1. The van der Waals surface area contributed by atoms with Gasteiger partial charge in [-0.05, 0) is 102 Å². The van der Waals surface area contributed by atoms with Crippen LogP contribution in [0.3, 0.4) is 0 Å². The van der Waals surface area contributed by atoms with Crippen LogP contribution in [0.4, 0.5) is 0 Å². The molecule has 1 rings (SSSR count). The Kier molecular flexibility index (Phi) is 17.5. The standard InChI is InChI=1S/C30H52N2O3/c1-4-5-6-7-8-9-10-11-15-18-26(23-32-3)27(21-22-31)28(29(24(2)33)30(34)35)20-19-25-16-13-12-14-17-25/h9-10,12-14,16-17,24,26-29,32-33H,4-8,11,15,18-23,31H2,1-3H3,(H,34,35). The molecule has 0 heterocycles. The number of aliphatic hydroxyl groups is 1. The summed E-state index contributed by atoms with van der Waals surface area (Å²) < 4.78 is 0. The van der Waals surface area contributed by atoms with Crippen molar-refractivity contribution < 1.29 is 15.0 Å². The third kappa shape index (κ3) is 12.7. The lowest BCUT2D eigenvalue weighted by atomic mass is 9.68. The largest absolute Gasteiger partial charge is 0.481 e. The van der Waals surface area contributed by atoms with Gasteiger partial charge in [-0.2, -0.15) is 0 Å². The fraction of sp³-hybridized carbons (Fsp3) is 0.700. The van der Waals surface area contributed by atoms with Crippen molar-refractivity contribution in [3.63, 3.8) is 0 Å². The highest BCUT2D eigenvalue weighted by Gasteiger charge is 2.39. The van der Waals surface area contributed by atoms with E-state index in [2.05, 4.69) is 36.5 Å². The van der Waals surface area contributed by atoms with Crippen LogP contribution in [0.5, 0.6) is 0 Å². The van der Waals surface area contributed by atoms with Gasteiger partial charge in [0.25, 0.3) is 0 Å². The van der Waals surface area contributed by atoms with Crippen molar-refractivity contribution in [1.29, 1.82) is 0 Å². The molecule has 200 valence electrons. The summed E-state index contributed by atoms with van der Waals surface area (Å²) in [5.74, 6) is -1.37. The summed E-state index contributed by atoms with van der Waals surface area (Å²) in [6.07, 6.45) is 15.5. The number of carbonyl (C=O) groups is 1. The zero-order chi connectivity index (χ0) is 25.9. The molecule has 0 aliphatic rings. The fourth-order valence-corrected chi connectivity index (χ4v) is 5.53. The number of allylic oxidation sites excluding steroid dienone is 2. The number of benzene rings is 1. The molecular weight excluding hydrogens is 436 g/mol. The highest BCUT2D eigenvalue weighted by atomic mass is 16.4. The van der Waals surface area contributed by atoms with E-state index in [9.17, 15) is 15.0 Å². The summed E-state index contributed by atoms with van der Waals surface area (Å²) in [7, 11) is 1.96. The van der Waals surface area contributed by atoms with Crippen LogP contribution in [0.1, 0.15) is 83.6 Å². The van der Waals surface area contributed by atoms with Crippen molar-refractivity contribution in [3.05, 3.63) is 48.0 Å². The van der Waals surface area contributed by atoms with Gasteiger partial charge in [-0.3, -0.25) is 4.79 Å². The molecule has 35 heavy (non-hydrogen) atoms. The highest BCUT2D eigenvalue weighted by Crippen LogP contribution is 2.37. The molecule has 0 amide bonds. The molecule has 1 aromatic carbocycles. The van der Waals surface area contributed by atoms with Gasteiger partial charge in [0.15, 0.2) is 0 Å². The van der Waals surface area contributed by atoms with E-state index in [1.165, 1.54) is 31.2 Å². The van der Waals surface area contributed by atoms with Gasteiger partial charge in [-0.15, -0.1) is 0 Å². The number of hydrogen-bond donors (Lipinski definition) is 4. The van der Waals surface area contributed by atoms with E-state index in [4.69, 9.17) is 5.73 Å². The predicted molar refractivity (Wildman–Crippen MR) is 147 cm³/mol. The molecule has 0 bridgehead atoms. The van der Waals surface area contributed by atoms with E-state index in [1.807, 2.05) is 25.2 Å². The van der Waals surface area contributed by atoms with Crippen molar-refractivity contribution in [2.24, 2.45) is 29.4 Å². The van der Waals surface area contributed by atoms with E-state index in [-0.39, 0.29) is 11.8 Å². The molecule has 0 saturated heterocycles. The number of rotatable bonds is 21. The fourth-order valence-electron chi connectivity index (χ4n) is 5.53. The molecule has 1 aromatic rings. The van der Waals surface area contributed by atoms with Gasteiger partial charge >= 0.3 is 5.97 Å². The van der Waals surface area contributed by atoms with Gasteiger partial charge in [-0.1, -0.05) is 68.7 Å². The van der Waals surface area contributed by atoms with Crippen LogP contribution in [-0.4, -0.2) is 42.4 Å². The Morgan fingerprint density at radius 3 is 2.26 bits per heavy atom.